The fourth-order valence-corrected chi connectivity index (χ4v) is 2.21. The molecule has 0 saturated heterocycles. The molecule has 2 atom stereocenters. The van der Waals surface area contributed by atoms with Crippen LogP contribution in [0.25, 0.3) is 0 Å². The predicted octanol–water partition coefficient (Wildman–Crippen LogP) is 2.53. The lowest BCUT2D eigenvalue weighted by atomic mass is 10.2. The van der Waals surface area contributed by atoms with E-state index in [2.05, 4.69) is 5.32 Å². The number of rotatable bonds is 3. The second-order valence-corrected chi connectivity index (χ2v) is 4.36. The van der Waals surface area contributed by atoms with E-state index in [0.29, 0.717) is 5.69 Å². The number of benzene rings is 1. The minimum Gasteiger partial charge on any atom is -0.395 e. The second kappa shape index (κ2) is 4.87. The summed E-state index contributed by atoms with van der Waals surface area (Å²) in [5, 5.41) is 3.07. The average molecular weight is 242 g/mol. The molecule has 0 radical (unpaired) electrons. The van der Waals surface area contributed by atoms with Crippen LogP contribution in [-0.2, 0) is 4.74 Å². The molecule has 94 valence electrons. The van der Waals surface area contributed by atoms with E-state index in [1.54, 1.807) is 7.11 Å². The van der Waals surface area contributed by atoms with Crippen molar-refractivity contribution in [3.63, 3.8) is 0 Å². The van der Waals surface area contributed by atoms with Gasteiger partial charge in [-0.1, -0.05) is 0 Å². The fourth-order valence-electron chi connectivity index (χ4n) is 2.21. The molecule has 1 aliphatic rings. The maximum absolute atomic E-state index is 13.2. The Bertz CT molecular complexity index is 412. The van der Waals surface area contributed by atoms with E-state index in [4.69, 9.17) is 10.5 Å². The Kier molecular flexibility index (Phi) is 3.47. The first-order valence-electron chi connectivity index (χ1n) is 5.64. The van der Waals surface area contributed by atoms with Crippen molar-refractivity contribution in [3.8, 4) is 0 Å². The molecule has 3 nitrogen and oxygen atoms in total. The molecule has 0 spiro atoms. The molecule has 0 bridgehead atoms. The van der Waals surface area contributed by atoms with Crippen LogP contribution in [0.4, 0.5) is 20.2 Å². The Hall–Kier alpha value is -1.36. The zero-order chi connectivity index (χ0) is 12.4. The van der Waals surface area contributed by atoms with Gasteiger partial charge in [0.15, 0.2) is 5.82 Å². The van der Waals surface area contributed by atoms with Gasteiger partial charge < -0.3 is 15.8 Å². The van der Waals surface area contributed by atoms with Gasteiger partial charge in [0.1, 0.15) is 5.82 Å². The summed E-state index contributed by atoms with van der Waals surface area (Å²) < 4.78 is 31.5. The Morgan fingerprint density at radius 2 is 2.12 bits per heavy atom. The van der Waals surface area contributed by atoms with Crippen molar-refractivity contribution in [1.29, 1.82) is 0 Å². The summed E-state index contributed by atoms with van der Waals surface area (Å²) >= 11 is 0. The summed E-state index contributed by atoms with van der Waals surface area (Å²) in [4.78, 5) is 0. The van der Waals surface area contributed by atoms with Gasteiger partial charge in [-0.2, -0.15) is 0 Å². The van der Waals surface area contributed by atoms with Crippen molar-refractivity contribution < 1.29 is 13.5 Å². The number of halogens is 2. The van der Waals surface area contributed by atoms with E-state index in [1.165, 1.54) is 6.07 Å². The lowest BCUT2D eigenvalue weighted by molar-refractivity contribution is 0.108. The molecule has 1 aromatic rings. The van der Waals surface area contributed by atoms with E-state index >= 15 is 0 Å². The van der Waals surface area contributed by atoms with Gasteiger partial charge in [0.05, 0.1) is 17.5 Å². The first kappa shape index (κ1) is 12.1. The number of methoxy groups -OCH3 is 1. The summed E-state index contributed by atoms with van der Waals surface area (Å²) in [7, 11) is 1.67. The third-order valence-electron chi connectivity index (χ3n) is 3.17. The van der Waals surface area contributed by atoms with Crippen molar-refractivity contribution >= 4 is 11.4 Å². The van der Waals surface area contributed by atoms with E-state index < -0.39 is 11.6 Å². The molecular weight excluding hydrogens is 226 g/mol. The van der Waals surface area contributed by atoms with Gasteiger partial charge in [0.2, 0.25) is 0 Å². The van der Waals surface area contributed by atoms with Gasteiger partial charge in [0, 0.05) is 19.2 Å². The summed E-state index contributed by atoms with van der Waals surface area (Å²) in [6.07, 6.45) is 2.91. The Labute approximate surface area is 98.9 Å². The molecule has 5 heteroatoms. The topological polar surface area (TPSA) is 47.3 Å². The van der Waals surface area contributed by atoms with Crippen LogP contribution in [0.3, 0.4) is 0 Å². The van der Waals surface area contributed by atoms with Crippen molar-refractivity contribution in [2.45, 2.75) is 31.4 Å². The number of anilines is 2. The fraction of sp³-hybridized carbons (Fsp3) is 0.500. The SMILES string of the molecule is COC1CCC(Nc2cc(F)cc(F)c2N)C1. The highest BCUT2D eigenvalue weighted by Gasteiger charge is 2.25. The van der Waals surface area contributed by atoms with Crippen molar-refractivity contribution in [2.75, 3.05) is 18.2 Å². The average Bonchev–Trinajstić information content (AvgIpc) is 2.73. The van der Waals surface area contributed by atoms with Crippen LogP contribution in [0, 0.1) is 11.6 Å². The summed E-state index contributed by atoms with van der Waals surface area (Å²) in [5.74, 6) is -1.35. The monoisotopic (exact) mass is 242 g/mol. The van der Waals surface area contributed by atoms with Crippen LogP contribution < -0.4 is 11.1 Å². The molecule has 0 amide bonds. The molecule has 1 aromatic carbocycles. The van der Waals surface area contributed by atoms with Gasteiger partial charge in [-0.15, -0.1) is 0 Å². The van der Waals surface area contributed by atoms with Crippen molar-refractivity contribution in [2.24, 2.45) is 0 Å². The van der Waals surface area contributed by atoms with Gasteiger partial charge in [-0.25, -0.2) is 8.78 Å². The Morgan fingerprint density at radius 1 is 1.35 bits per heavy atom. The third-order valence-corrected chi connectivity index (χ3v) is 3.17. The number of ether oxygens (including phenoxy) is 1. The number of hydrogen-bond donors (Lipinski definition) is 2. The predicted molar refractivity (Wildman–Crippen MR) is 62.8 cm³/mol. The number of hydrogen-bond acceptors (Lipinski definition) is 3. The molecule has 1 saturated carbocycles. The smallest absolute Gasteiger partial charge is 0.151 e. The van der Waals surface area contributed by atoms with Crippen LogP contribution in [0.1, 0.15) is 19.3 Å². The minimum atomic E-state index is -0.728. The second-order valence-electron chi connectivity index (χ2n) is 4.36. The van der Waals surface area contributed by atoms with Crippen LogP contribution in [-0.4, -0.2) is 19.3 Å². The molecule has 1 fully saturated rings. The largest absolute Gasteiger partial charge is 0.395 e. The number of nitrogens with two attached hydrogens (primary N) is 1. The van der Waals surface area contributed by atoms with Gasteiger partial charge in [-0.3, -0.25) is 0 Å². The molecular formula is C12H16F2N2O. The number of nitrogen functional groups attached to an aromatic ring is 1. The van der Waals surface area contributed by atoms with Gasteiger partial charge in [0.25, 0.3) is 0 Å². The standard InChI is InChI=1S/C12H16F2N2O/c1-17-9-3-2-8(6-9)16-11-5-7(13)4-10(14)12(11)15/h4-5,8-9,16H,2-3,6,15H2,1H3. The van der Waals surface area contributed by atoms with E-state index in [1.807, 2.05) is 0 Å². The summed E-state index contributed by atoms with van der Waals surface area (Å²) in [5.41, 5.74) is 5.85. The van der Waals surface area contributed by atoms with Crippen LogP contribution in [0.15, 0.2) is 12.1 Å². The maximum atomic E-state index is 13.2. The van der Waals surface area contributed by atoms with Crippen molar-refractivity contribution in [3.05, 3.63) is 23.8 Å². The van der Waals surface area contributed by atoms with E-state index in [0.717, 1.165) is 25.3 Å². The summed E-state index contributed by atoms with van der Waals surface area (Å²) in [6.45, 7) is 0. The van der Waals surface area contributed by atoms with Crippen LogP contribution >= 0.6 is 0 Å². The molecule has 2 rings (SSSR count). The molecule has 0 heterocycles. The molecule has 1 aliphatic carbocycles. The summed E-state index contributed by atoms with van der Waals surface area (Å²) in [6, 6.07) is 2.16. The molecule has 2 unspecified atom stereocenters. The quantitative estimate of drug-likeness (QED) is 0.801. The highest BCUT2D eigenvalue weighted by atomic mass is 19.1. The Morgan fingerprint density at radius 3 is 2.76 bits per heavy atom. The zero-order valence-corrected chi connectivity index (χ0v) is 9.67. The van der Waals surface area contributed by atoms with Crippen LogP contribution in [0.5, 0.6) is 0 Å². The Balaban J connectivity index is 2.09. The zero-order valence-electron chi connectivity index (χ0n) is 9.67. The van der Waals surface area contributed by atoms with Gasteiger partial charge in [-0.05, 0) is 25.3 Å². The molecule has 0 aliphatic heterocycles. The first-order chi connectivity index (χ1) is 8.10. The molecule has 3 N–H and O–H groups in total. The normalized spacial score (nSPS) is 23.9. The van der Waals surface area contributed by atoms with Gasteiger partial charge >= 0.3 is 0 Å². The molecule has 17 heavy (non-hydrogen) atoms. The lowest BCUT2D eigenvalue weighted by Crippen LogP contribution is -2.18. The highest BCUT2D eigenvalue weighted by Crippen LogP contribution is 2.29. The lowest BCUT2D eigenvalue weighted by Gasteiger charge is -2.16. The minimum absolute atomic E-state index is 0.0349. The first-order valence-corrected chi connectivity index (χ1v) is 5.64. The number of nitrogens with one attached hydrogen (secondary N) is 1. The van der Waals surface area contributed by atoms with Crippen molar-refractivity contribution in [1.82, 2.24) is 0 Å². The third kappa shape index (κ3) is 2.66. The highest BCUT2D eigenvalue weighted by molar-refractivity contribution is 5.67. The van der Waals surface area contributed by atoms with E-state index in [9.17, 15) is 8.78 Å². The van der Waals surface area contributed by atoms with Crippen LogP contribution in [0.2, 0.25) is 0 Å². The maximum Gasteiger partial charge on any atom is 0.151 e. The van der Waals surface area contributed by atoms with E-state index in [-0.39, 0.29) is 17.8 Å². The molecule has 0 aromatic heterocycles.